The van der Waals surface area contributed by atoms with Crippen LogP contribution in [0.2, 0.25) is 0 Å². The summed E-state index contributed by atoms with van der Waals surface area (Å²) in [6, 6.07) is 5.78. The third-order valence-corrected chi connectivity index (χ3v) is 7.14. The summed E-state index contributed by atoms with van der Waals surface area (Å²) < 4.78 is 52.8. The molecule has 0 spiro atoms. The first kappa shape index (κ1) is 19.5. The summed E-state index contributed by atoms with van der Waals surface area (Å²) in [5, 5.41) is 2.50. The molecule has 0 bridgehead atoms. The van der Waals surface area contributed by atoms with E-state index in [9.17, 15) is 22.0 Å². The Bertz CT molecular complexity index is 862. The fraction of sp³-hybridized carbons (Fsp3) is 0.312. The summed E-state index contributed by atoms with van der Waals surface area (Å²) in [6.45, 7) is 4.30. The van der Waals surface area contributed by atoms with Crippen LogP contribution in [-0.2, 0) is 16.6 Å². The average Bonchev–Trinajstić information content (AvgIpc) is 3.03. The zero-order valence-electron chi connectivity index (χ0n) is 13.8. The number of nitrogens with zero attached hydrogens (tertiary/aromatic N) is 1. The number of rotatable bonds is 7. The monoisotopic (exact) mass is 388 g/mol. The van der Waals surface area contributed by atoms with Crippen LogP contribution in [0.25, 0.3) is 0 Å². The van der Waals surface area contributed by atoms with Gasteiger partial charge in [0, 0.05) is 24.0 Å². The molecule has 0 atom stereocenters. The highest BCUT2D eigenvalue weighted by molar-refractivity contribution is 7.91. The van der Waals surface area contributed by atoms with Crippen LogP contribution in [0.5, 0.6) is 0 Å². The van der Waals surface area contributed by atoms with Crippen LogP contribution in [0.1, 0.15) is 29.1 Å². The van der Waals surface area contributed by atoms with E-state index in [1.54, 1.807) is 19.9 Å². The predicted molar refractivity (Wildman–Crippen MR) is 92.0 cm³/mol. The fourth-order valence-electron chi connectivity index (χ4n) is 2.22. The van der Waals surface area contributed by atoms with Crippen LogP contribution in [0.15, 0.2) is 34.5 Å². The molecule has 1 aromatic heterocycles. The molecule has 0 saturated heterocycles. The van der Waals surface area contributed by atoms with E-state index >= 15 is 0 Å². The molecular formula is C16H18F2N2O3S2. The first-order chi connectivity index (χ1) is 11.8. The standard InChI is InChI=1S/C16H18F2N2O3S2/c1-3-20(4-2)25(22,23)15-8-6-12(24-15)10-19-16(21)13-7-5-11(17)9-14(13)18/h5-9H,3-4,10H2,1-2H3,(H,19,21). The lowest BCUT2D eigenvalue weighted by atomic mass is 10.2. The maximum Gasteiger partial charge on any atom is 0.254 e. The molecule has 0 fully saturated rings. The number of amides is 1. The second-order valence-electron chi connectivity index (χ2n) is 5.12. The van der Waals surface area contributed by atoms with Crippen molar-refractivity contribution in [2.75, 3.05) is 13.1 Å². The highest BCUT2D eigenvalue weighted by Crippen LogP contribution is 2.25. The number of sulfonamides is 1. The van der Waals surface area contributed by atoms with Gasteiger partial charge in [0.25, 0.3) is 15.9 Å². The van der Waals surface area contributed by atoms with Crippen molar-refractivity contribution in [2.24, 2.45) is 0 Å². The van der Waals surface area contributed by atoms with Gasteiger partial charge in [-0.1, -0.05) is 13.8 Å². The Morgan fingerprint density at radius 1 is 1.16 bits per heavy atom. The summed E-state index contributed by atoms with van der Waals surface area (Å²) in [5.41, 5.74) is -0.269. The molecule has 0 unspecified atom stereocenters. The Labute approximate surface area is 149 Å². The van der Waals surface area contributed by atoms with Gasteiger partial charge >= 0.3 is 0 Å². The SMILES string of the molecule is CCN(CC)S(=O)(=O)c1ccc(CNC(=O)c2ccc(F)cc2F)s1. The minimum atomic E-state index is -3.55. The topological polar surface area (TPSA) is 66.5 Å². The van der Waals surface area contributed by atoms with E-state index in [2.05, 4.69) is 5.32 Å². The van der Waals surface area contributed by atoms with E-state index in [-0.39, 0.29) is 16.3 Å². The minimum absolute atomic E-state index is 0.0497. The Morgan fingerprint density at radius 2 is 1.84 bits per heavy atom. The summed E-state index contributed by atoms with van der Waals surface area (Å²) in [7, 11) is -3.55. The maximum absolute atomic E-state index is 13.6. The maximum atomic E-state index is 13.6. The van der Waals surface area contributed by atoms with Crippen LogP contribution in [0, 0.1) is 11.6 Å². The van der Waals surface area contributed by atoms with Crippen LogP contribution in [-0.4, -0.2) is 31.7 Å². The first-order valence-electron chi connectivity index (χ1n) is 7.61. The molecule has 9 heteroatoms. The number of nitrogens with one attached hydrogen (secondary N) is 1. The molecule has 1 N–H and O–H groups in total. The van der Waals surface area contributed by atoms with Crippen molar-refractivity contribution in [1.29, 1.82) is 0 Å². The van der Waals surface area contributed by atoms with Crippen LogP contribution >= 0.6 is 11.3 Å². The van der Waals surface area contributed by atoms with Gasteiger partial charge in [-0.15, -0.1) is 11.3 Å². The first-order valence-corrected chi connectivity index (χ1v) is 9.87. The zero-order chi connectivity index (χ0) is 18.6. The van der Waals surface area contributed by atoms with Gasteiger partial charge in [0.1, 0.15) is 15.8 Å². The second-order valence-corrected chi connectivity index (χ2v) is 8.45. The molecule has 0 saturated carbocycles. The summed E-state index contributed by atoms with van der Waals surface area (Å²) in [5.74, 6) is -2.41. The smallest absolute Gasteiger partial charge is 0.254 e. The predicted octanol–water partition coefficient (Wildman–Crippen LogP) is 2.99. The number of halogens is 2. The van der Waals surface area contributed by atoms with E-state index in [0.29, 0.717) is 24.0 Å². The van der Waals surface area contributed by atoms with Gasteiger partial charge in [-0.3, -0.25) is 4.79 Å². The summed E-state index contributed by atoms with van der Waals surface area (Å²) in [6.07, 6.45) is 0. The van der Waals surface area contributed by atoms with Gasteiger partial charge in [0.05, 0.1) is 12.1 Å². The summed E-state index contributed by atoms with van der Waals surface area (Å²) >= 11 is 1.04. The van der Waals surface area contributed by atoms with Crippen molar-refractivity contribution in [3.8, 4) is 0 Å². The Morgan fingerprint density at radius 3 is 2.44 bits per heavy atom. The molecule has 0 radical (unpaired) electrons. The molecule has 0 aliphatic carbocycles. The Balaban J connectivity index is 2.08. The molecule has 0 aliphatic heterocycles. The van der Waals surface area contributed by atoms with Gasteiger partial charge in [-0.05, 0) is 24.3 Å². The Hall–Kier alpha value is -1.84. The molecule has 25 heavy (non-hydrogen) atoms. The van der Waals surface area contributed by atoms with Crippen molar-refractivity contribution in [2.45, 2.75) is 24.6 Å². The number of benzene rings is 1. The fourth-order valence-corrected chi connectivity index (χ4v) is 5.13. The number of hydrogen-bond acceptors (Lipinski definition) is 4. The van der Waals surface area contributed by atoms with E-state index in [1.807, 2.05) is 0 Å². The molecule has 1 heterocycles. The van der Waals surface area contributed by atoms with E-state index in [0.717, 1.165) is 23.5 Å². The highest BCUT2D eigenvalue weighted by Gasteiger charge is 2.23. The van der Waals surface area contributed by atoms with Gasteiger partial charge < -0.3 is 5.32 Å². The summed E-state index contributed by atoms with van der Waals surface area (Å²) in [4.78, 5) is 12.6. The van der Waals surface area contributed by atoms with E-state index < -0.39 is 27.6 Å². The van der Waals surface area contributed by atoms with Gasteiger partial charge in [-0.2, -0.15) is 4.31 Å². The molecule has 136 valence electrons. The molecule has 1 amide bonds. The lowest BCUT2D eigenvalue weighted by molar-refractivity contribution is 0.0947. The number of carbonyl (C=O) groups is 1. The molecule has 1 aromatic carbocycles. The number of hydrogen-bond donors (Lipinski definition) is 1. The normalized spacial score (nSPS) is 11.7. The molecule has 5 nitrogen and oxygen atoms in total. The third-order valence-electron chi connectivity index (χ3n) is 3.54. The minimum Gasteiger partial charge on any atom is -0.347 e. The molecule has 2 aromatic rings. The van der Waals surface area contributed by atoms with Gasteiger partial charge in [0.2, 0.25) is 0 Å². The van der Waals surface area contributed by atoms with Crippen molar-refractivity contribution >= 4 is 27.3 Å². The number of carbonyl (C=O) groups excluding carboxylic acids is 1. The van der Waals surface area contributed by atoms with Crippen LogP contribution in [0.3, 0.4) is 0 Å². The van der Waals surface area contributed by atoms with Gasteiger partial charge in [0.15, 0.2) is 0 Å². The zero-order valence-corrected chi connectivity index (χ0v) is 15.4. The van der Waals surface area contributed by atoms with Crippen molar-refractivity contribution in [3.05, 3.63) is 52.4 Å². The van der Waals surface area contributed by atoms with Crippen LogP contribution in [0.4, 0.5) is 8.78 Å². The molecule has 0 aliphatic rings. The molecular weight excluding hydrogens is 370 g/mol. The van der Waals surface area contributed by atoms with Crippen LogP contribution < -0.4 is 5.32 Å². The lowest BCUT2D eigenvalue weighted by Crippen LogP contribution is -2.30. The second kappa shape index (κ2) is 8.03. The van der Waals surface area contributed by atoms with Gasteiger partial charge in [-0.25, -0.2) is 17.2 Å². The number of thiophene rings is 1. The quantitative estimate of drug-likeness (QED) is 0.793. The molecule has 2 rings (SSSR count). The largest absolute Gasteiger partial charge is 0.347 e. The van der Waals surface area contributed by atoms with E-state index in [1.165, 1.54) is 10.4 Å². The van der Waals surface area contributed by atoms with Crippen molar-refractivity contribution < 1.29 is 22.0 Å². The third kappa shape index (κ3) is 4.42. The van der Waals surface area contributed by atoms with Crippen molar-refractivity contribution in [1.82, 2.24) is 9.62 Å². The highest BCUT2D eigenvalue weighted by atomic mass is 32.2. The van der Waals surface area contributed by atoms with E-state index in [4.69, 9.17) is 0 Å². The average molecular weight is 388 g/mol. The van der Waals surface area contributed by atoms with Crippen molar-refractivity contribution in [3.63, 3.8) is 0 Å². The lowest BCUT2D eigenvalue weighted by Gasteiger charge is -2.16. The Kier molecular flexibility index (Phi) is 6.26.